The van der Waals surface area contributed by atoms with Crippen LogP contribution in [0, 0.1) is 5.41 Å². The Morgan fingerprint density at radius 2 is 1.93 bits per heavy atom. The van der Waals surface area contributed by atoms with Crippen molar-refractivity contribution in [1.29, 1.82) is 0 Å². The van der Waals surface area contributed by atoms with Crippen LogP contribution >= 0.6 is 0 Å². The zero-order valence-corrected chi connectivity index (χ0v) is 9.89. The largest absolute Gasteiger partial charge is 0.444 e. The smallest absolute Gasteiger partial charge is 0.410 e. The summed E-state index contributed by atoms with van der Waals surface area (Å²) in [5, 5.41) is 0. The molecule has 0 unspecified atom stereocenters. The van der Waals surface area contributed by atoms with Crippen molar-refractivity contribution in [2.45, 2.75) is 46.6 Å². The molecule has 0 aromatic carbocycles. The maximum Gasteiger partial charge on any atom is 0.410 e. The number of hydrogen-bond donors (Lipinski definition) is 0. The van der Waals surface area contributed by atoms with Crippen LogP contribution in [-0.2, 0) is 4.74 Å². The van der Waals surface area contributed by atoms with E-state index < -0.39 is 0 Å². The van der Waals surface area contributed by atoms with Crippen molar-refractivity contribution in [2.75, 3.05) is 13.1 Å². The van der Waals surface area contributed by atoms with Gasteiger partial charge in [-0.1, -0.05) is 13.8 Å². The molecular formula is C11H21NO2. The summed E-state index contributed by atoms with van der Waals surface area (Å²) in [6.45, 7) is 11.7. The molecule has 0 spiro atoms. The summed E-state index contributed by atoms with van der Waals surface area (Å²) in [5.41, 5.74) is -0.138. The highest BCUT2D eigenvalue weighted by Gasteiger charge is 2.34. The van der Waals surface area contributed by atoms with E-state index in [1.54, 1.807) is 4.90 Å². The number of carbonyl (C=O) groups is 1. The van der Waals surface area contributed by atoms with Crippen LogP contribution in [0.2, 0.25) is 0 Å². The van der Waals surface area contributed by atoms with Gasteiger partial charge in [0.1, 0.15) is 5.60 Å². The highest BCUT2D eigenvalue weighted by molar-refractivity contribution is 5.68. The van der Waals surface area contributed by atoms with Crippen molar-refractivity contribution in [2.24, 2.45) is 5.41 Å². The third-order valence-corrected chi connectivity index (χ3v) is 2.33. The lowest BCUT2D eigenvalue weighted by Gasteiger charge is -2.25. The van der Waals surface area contributed by atoms with Crippen molar-refractivity contribution < 1.29 is 9.53 Å². The van der Waals surface area contributed by atoms with Crippen LogP contribution in [0.5, 0.6) is 0 Å². The lowest BCUT2D eigenvalue weighted by atomic mass is 9.93. The van der Waals surface area contributed by atoms with Gasteiger partial charge in [-0.05, 0) is 32.6 Å². The molecule has 0 aliphatic carbocycles. The molecular weight excluding hydrogens is 178 g/mol. The molecule has 1 aliphatic heterocycles. The van der Waals surface area contributed by atoms with Crippen molar-refractivity contribution in [3.63, 3.8) is 0 Å². The Hall–Kier alpha value is -0.730. The molecule has 0 aromatic heterocycles. The number of carbonyl (C=O) groups excluding carboxylic acids is 1. The van der Waals surface area contributed by atoms with Gasteiger partial charge in [-0.2, -0.15) is 0 Å². The van der Waals surface area contributed by atoms with Crippen molar-refractivity contribution >= 4 is 6.09 Å². The van der Waals surface area contributed by atoms with E-state index in [2.05, 4.69) is 13.8 Å². The average Bonchev–Trinajstić information content (AvgIpc) is 2.26. The van der Waals surface area contributed by atoms with Crippen LogP contribution in [0.4, 0.5) is 4.79 Å². The predicted octanol–water partition coefficient (Wildman–Crippen LogP) is 2.65. The number of ether oxygens (including phenoxy) is 1. The molecule has 3 nitrogen and oxygen atoms in total. The van der Waals surface area contributed by atoms with Crippen LogP contribution in [0.25, 0.3) is 0 Å². The Bertz CT molecular complexity index is 228. The second-order valence-corrected chi connectivity index (χ2v) is 5.82. The van der Waals surface area contributed by atoms with E-state index in [4.69, 9.17) is 4.74 Å². The molecule has 1 aliphatic rings. The zero-order valence-electron chi connectivity index (χ0n) is 9.89. The molecule has 1 rings (SSSR count). The minimum Gasteiger partial charge on any atom is -0.444 e. The highest BCUT2D eigenvalue weighted by atomic mass is 16.6. The average molecular weight is 199 g/mol. The zero-order chi connectivity index (χ0) is 11.0. The quantitative estimate of drug-likeness (QED) is 0.600. The Kier molecular flexibility index (Phi) is 2.79. The fraction of sp³-hybridized carbons (Fsp3) is 0.909. The molecule has 82 valence electrons. The van der Waals surface area contributed by atoms with Gasteiger partial charge < -0.3 is 9.64 Å². The first-order valence-corrected chi connectivity index (χ1v) is 5.18. The van der Waals surface area contributed by atoms with Gasteiger partial charge in [0.25, 0.3) is 0 Å². The highest BCUT2D eigenvalue weighted by Crippen LogP contribution is 2.29. The molecule has 1 fully saturated rings. The summed E-state index contributed by atoms with van der Waals surface area (Å²) in [5.74, 6) is 0. The second-order valence-electron chi connectivity index (χ2n) is 5.82. The van der Waals surface area contributed by atoms with E-state index in [1.165, 1.54) is 0 Å². The van der Waals surface area contributed by atoms with Crippen molar-refractivity contribution in [3.05, 3.63) is 0 Å². The summed E-state index contributed by atoms with van der Waals surface area (Å²) >= 11 is 0. The van der Waals surface area contributed by atoms with Gasteiger partial charge in [-0.3, -0.25) is 0 Å². The molecule has 14 heavy (non-hydrogen) atoms. The minimum atomic E-state index is -0.385. The Balaban J connectivity index is 2.48. The van der Waals surface area contributed by atoms with Crippen LogP contribution in [0.15, 0.2) is 0 Å². The lowest BCUT2D eigenvalue weighted by molar-refractivity contribution is 0.0278. The Morgan fingerprint density at radius 3 is 2.29 bits per heavy atom. The monoisotopic (exact) mass is 199 g/mol. The number of hydrogen-bond acceptors (Lipinski definition) is 2. The Morgan fingerprint density at radius 1 is 1.36 bits per heavy atom. The van der Waals surface area contributed by atoms with Gasteiger partial charge in [0.2, 0.25) is 0 Å². The maximum absolute atomic E-state index is 11.7. The SMILES string of the molecule is CC1(C)CCN(C(=O)OC(C)(C)C)C1. The molecule has 3 heteroatoms. The molecule has 0 bridgehead atoms. The van der Waals surface area contributed by atoms with Gasteiger partial charge in [-0.25, -0.2) is 4.79 Å². The van der Waals surface area contributed by atoms with Gasteiger partial charge in [0, 0.05) is 13.1 Å². The first-order chi connectivity index (χ1) is 6.20. The van der Waals surface area contributed by atoms with Crippen molar-refractivity contribution in [3.8, 4) is 0 Å². The standard InChI is InChI=1S/C11H21NO2/c1-10(2,3)14-9(13)12-7-6-11(4,5)8-12/h6-8H2,1-5H3. The van der Waals surface area contributed by atoms with Crippen LogP contribution in [-0.4, -0.2) is 29.7 Å². The molecule has 0 aromatic rings. The third-order valence-electron chi connectivity index (χ3n) is 2.33. The molecule has 0 N–H and O–H groups in total. The number of rotatable bonds is 0. The van der Waals surface area contributed by atoms with Gasteiger partial charge in [-0.15, -0.1) is 0 Å². The number of likely N-dealkylation sites (tertiary alicyclic amines) is 1. The summed E-state index contributed by atoms with van der Waals surface area (Å²) in [7, 11) is 0. The maximum atomic E-state index is 11.7. The molecule has 0 saturated carbocycles. The molecule has 0 atom stereocenters. The van der Waals surface area contributed by atoms with E-state index in [-0.39, 0.29) is 17.1 Å². The van der Waals surface area contributed by atoms with E-state index in [9.17, 15) is 4.79 Å². The van der Waals surface area contributed by atoms with Gasteiger partial charge in [0.15, 0.2) is 0 Å². The van der Waals surface area contributed by atoms with Crippen LogP contribution in [0.3, 0.4) is 0 Å². The first-order valence-electron chi connectivity index (χ1n) is 5.18. The number of nitrogens with zero attached hydrogens (tertiary/aromatic N) is 1. The van der Waals surface area contributed by atoms with E-state index >= 15 is 0 Å². The van der Waals surface area contributed by atoms with E-state index in [0.717, 1.165) is 19.5 Å². The lowest BCUT2D eigenvalue weighted by Crippen LogP contribution is -2.36. The Labute approximate surface area is 86.4 Å². The molecule has 1 heterocycles. The fourth-order valence-corrected chi connectivity index (χ4v) is 1.59. The van der Waals surface area contributed by atoms with Crippen LogP contribution < -0.4 is 0 Å². The normalized spacial score (nSPS) is 21.1. The molecule has 1 amide bonds. The van der Waals surface area contributed by atoms with Gasteiger partial charge in [0.05, 0.1) is 0 Å². The topological polar surface area (TPSA) is 29.5 Å². The first kappa shape index (κ1) is 11.3. The third kappa shape index (κ3) is 3.20. The van der Waals surface area contributed by atoms with E-state index in [1.807, 2.05) is 20.8 Å². The number of amides is 1. The predicted molar refractivity (Wildman–Crippen MR) is 56.2 cm³/mol. The van der Waals surface area contributed by atoms with Crippen molar-refractivity contribution in [1.82, 2.24) is 4.90 Å². The molecule has 0 radical (unpaired) electrons. The van der Waals surface area contributed by atoms with Crippen LogP contribution in [0.1, 0.15) is 41.0 Å². The second kappa shape index (κ2) is 3.44. The summed E-state index contributed by atoms with van der Waals surface area (Å²) in [4.78, 5) is 13.4. The summed E-state index contributed by atoms with van der Waals surface area (Å²) in [6.07, 6.45) is 0.884. The van der Waals surface area contributed by atoms with Gasteiger partial charge >= 0.3 is 6.09 Å². The molecule has 1 saturated heterocycles. The van der Waals surface area contributed by atoms with E-state index in [0.29, 0.717) is 0 Å². The summed E-state index contributed by atoms with van der Waals surface area (Å²) in [6, 6.07) is 0. The minimum absolute atomic E-state index is 0.178. The fourth-order valence-electron chi connectivity index (χ4n) is 1.59. The summed E-state index contributed by atoms with van der Waals surface area (Å²) < 4.78 is 5.30.